The molecule has 2 amide bonds. The Hall–Kier alpha value is -2.48. The lowest BCUT2D eigenvalue weighted by Crippen LogP contribution is -2.27. The SMILES string of the molecule is C1CCNC1.CCc1cc(Cl)cc(-c2ccnc3cc(CN4C(=O)CCC4=O)sc23)c1NC. The second-order valence-corrected chi connectivity index (χ2v) is 9.78. The molecule has 0 bridgehead atoms. The van der Waals surface area contributed by atoms with Crippen molar-refractivity contribution in [2.45, 2.75) is 45.6 Å². The molecule has 0 aliphatic carbocycles. The molecule has 0 atom stereocenters. The van der Waals surface area contributed by atoms with Crippen LogP contribution in [0.1, 0.15) is 43.0 Å². The summed E-state index contributed by atoms with van der Waals surface area (Å²) in [6.45, 7) is 4.92. The van der Waals surface area contributed by atoms with E-state index < -0.39 is 0 Å². The molecule has 0 unspecified atom stereocenters. The molecule has 2 saturated heterocycles. The van der Waals surface area contributed by atoms with Crippen LogP contribution in [0.5, 0.6) is 0 Å². The lowest BCUT2D eigenvalue weighted by atomic mass is 9.99. The van der Waals surface area contributed by atoms with Crippen molar-refractivity contribution in [3.63, 3.8) is 0 Å². The number of benzene rings is 1. The Kier molecular flexibility index (Phi) is 7.63. The number of fused-ring (bicyclic) bond motifs is 1. The van der Waals surface area contributed by atoms with Gasteiger partial charge in [0.05, 0.1) is 16.8 Å². The Morgan fingerprint density at radius 1 is 1.12 bits per heavy atom. The molecular weight excluding hydrogens is 456 g/mol. The molecule has 33 heavy (non-hydrogen) atoms. The topological polar surface area (TPSA) is 74.3 Å². The molecule has 174 valence electrons. The number of carbonyl (C=O) groups is 2. The van der Waals surface area contributed by atoms with Crippen LogP contribution in [0.25, 0.3) is 21.3 Å². The maximum atomic E-state index is 12.0. The van der Waals surface area contributed by atoms with Crippen molar-refractivity contribution in [3.05, 3.63) is 45.9 Å². The van der Waals surface area contributed by atoms with Crippen LogP contribution in [0.4, 0.5) is 5.69 Å². The van der Waals surface area contributed by atoms with E-state index in [4.69, 9.17) is 11.6 Å². The molecule has 4 heterocycles. The first-order chi connectivity index (χ1) is 16.0. The Bertz CT molecular complexity index is 1150. The third-order valence-electron chi connectivity index (χ3n) is 5.99. The Morgan fingerprint density at radius 2 is 1.85 bits per heavy atom. The summed E-state index contributed by atoms with van der Waals surface area (Å²) in [5, 5.41) is 7.23. The van der Waals surface area contributed by atoms with Gasteiger partial charge in [-0.25, -0.2) is 0 Å². The molecule has 5 rings (SSSR count). The Labute approximate surface area is 203 Å². The molecule has 2 aliphatic heterocycles. The van der Waals surface area contributed by atoms with Crippen molar-refractivity contribution < 1.29 is 9.59 Å². The predicted molar refractivity (Wildman–Crippen MR) is 136 cm³/mol. The monoisotopic (exact) mass is 484 g/mol. The fourth-order valence-electron chi connectivity index (χ4n) is 4.31. The summed E-state index contributed by atoms with van der Waals surface area (Å²) in [7, 11) is 1.91. The first-order valence-electron chi connectivity index (χ1n) is 11.4. The number of amides is 2. The fourth-order valence-corrected chi connectivity index (χ4v) is 5.68. The zero-order valence-electron chi connectivity index (χ0n) is 19.0. The molecular formula is C25H29ClN4O2S. The van der Waals surface area contributed by atoms with Gasteiger partial charge in [0, 0.05) is 52.8 Å². The van der Waals surface area contributed by atoms with Crippen LogP contribution in [-0.4, -0.2) is 41.8 Å². The number of imide groups is 1. The largest absolute Gasteiger partial charge is 0.387 e. The molecule has 2 aromatic heterocycles. The third kappa shape index (κ3) is 5.21. The zero-order chi connectivity index (χ0) is 23.4. The van der Waals surface area contributed by atoms with E-state index in [0.29, 0.717) is 24.4 Å². The van der Waals surface area contributed by atoms with Gasteiger partial charge in [-0.05, 0) is 62.2 Å². The van der Waals surface area contributed by atoms with Gasteiger partial charge in [-0.3, -0.25) is 19.5 Å². The van der Waals surface area contributed by atoms with Crippen LogP contribution < -0.4 is 10.6 Å². The van der Waals surface area contributed by atoms with Gasteiger partial charge in [0.2, 0.25) is 11.8 Å². The highest BCUT2D eigenvalue weighted by Crippen LogP contribution is 2.40. The van der Waals surface area contributed by atoms with E-state index >= 15 is 0 Å². The number of aromatic nitrogens is 1. The fraction of sp³-hybridized carbons (Fsp3) is 0.400. The second-order valence-electron chi connectivity index (χ2n) is 8.21. The number of hydrogen-bond acceptors (Lipinski definition) is 6. The molecule has 0 spiro atoms. The highest BCUT2D eigenvalue weighted by Gasteiger charge is 2.29. The summed E-state index contributed by atoms with van der Waals surface area (Å²) in [5.41, 5.74) is 5.14. The average molecular weight is 485 g/mol. The number of aryl methyl sites for hydroxylation is 1. The van der Waals surface area contributed by atoms with Crippen molar-refractivity contribution in [2.75, 3.05) is 25.5 Å². The first kappa shape index (κ1) is 23.7. The van der Waals surface area contributed by atoms with Crippen molar-refractivity contribution in [3.8, 4) is 11.1 Å². The van der Waals surface area contributed by atoms with E-state index in [2.05, 4.69) is 22.5 Å². The molecule has 2 aliphatic rings. The van der Waals surface area contributed by atoms with E-state index in [9.17, 15) is 9.59 Å². The molecule has 0 radical (unpaired) electrons. The number of likely N-dealkylation sites (tertiary alicyclic amines) is 1. The van der Waals surface area contributed by atoms with Crippen molar-refractivity contribution in [1.29, 1.82) is 0 Å². The van der Waals surface area contributed by atoms with Gasteiger partial charge in [-0.1, -0.05) is 18.5 Å². The minimum atomic E-state index is -0.101. The van der Waals surface area contributed by atoms with E-state index in [1.54, 1.807) is 17.5 Å². The van der Waals surface area contributed by atoms with Gasteiger partial charge < -0.3 is 10.6 Å². The van der Waals surface area contributed by atoms with Gasteiger partial charge in [-0.2, -0.15) is 0 Å². The molecule has 2 fully saturated rings. The number of anilines is 1. The number of rotatable bonds is 5. The molecule has 2 N–H and O–H groups in total. The minimum Gasteiger partial charge on any atom is -0.387 e. The van der Waals surface area contributed by atoms with Crippen molar-refractivity contribution >= 4 is 50.7 Å². The molecule has 3 aromatic rings. The van der Waals surface area contributed by atoms with Crippen molar-refractivity contribution in [1.82, 2.24) is 15.2 Å². The highest BCUT2D eigenvalue weighted by molar-refractivity contribution is 7.19. The van der Waals surface area contributed by atoms with Crippen LogP contribution in [-0.2, 0) is 22.6 Å². The summed E-state index contributed by atoms with van der Waals surface area (Å²) in [4.78, 5) is 30.7. The van der Waals surface area contributed by atoms with Crippen LogP contribution in [0.15, 0.2) is 30.5 Å². The van der Waals surface area contributed by atoms with E-state index in [0.717, 1.165) is 43.9 Å². The number of carbonyl (C=O) groups excluding carboxylic acids is 2. The van der Waals surface area contributed by atoms with Gasteiger partial charge >= 0.3 is 0 Å². The molecule has 6 nitrogen and oxygen atoms in total. The molecule has 1 aromatic carbocycles. The van der Waals surface area contributed by atoms with E-state index in [1.807, 2.05) is 31.3 Å². The van der Waals surface area contributed by atoms with Gasteiger partial charge in [-0.15, -0.1) is 11.3 Å². The summed E-state index contributed by atoms with van der Waals surface area (Å²) in [6.07, 6.45) is 6.04. The van der Waals surface area contributed by atoms with Crippen LogP contribution in [0.2, 0.25) is 5.02 Å². The quantitative estimate of drug-likeness (QED) is 0.484. The number of halogens is 1. The van der Waals surface area contributed by atoms with Gasteiger partial charge in [0.1, 0.15) is 0 Å². The number of pyridine rings is 1. The normalized spacial score (nSPS) is 15.8. The first-order valence-corrected chi connectivity index (χ1v) is 12.6. The lowest BCUT2D eigenvalue weighted by Gasteiger charge is -2.15. The van der Waals surface area contributed by atoms with Gasteiger partial charge in [0.15, 0.2) is 0 Å². The molecule has 8 heteroatoms. The average Bonchev–Trinajstić information content (AvgIpc) is 3.58. The van der Waals surface area contributed by atoms with E-state index in [-0.39, 0.29) is 11.8 Å². The highest BCUT2D eigenvalue weighted by atomic mass is 35.5. The smallest absolute Gasteiger partial charge is 0.230 e. The lowest BCUT2D eigenvalue weighted by molar-refractivity contribution is -0.138. The number of nitrogens with zero attached hydrogens (tertiary/aromatic N) is 2. The maximum absolute atomic E-state index is 12.0. The maximum Gasteiger partial charge on any atom is 0.230 e. The summed E-state index contributed by atoms with van der Waals surface area (Å²) in [5.74, 6) is -0.203. The third-order valence-corrected chi connectivity index (χ3v) is 7.36. The molecule has 0 saturated carbocycles. The minimum absolute atomic E-state index is 0.101. The summed E-state index contributed by atoms with van der Waals surface area (Å²) in [6, 6.07) is 7.90. The van der Waals surface area contributed by atoms with Crippen LogP contribution in [0, 0.1) is 0 Å². The Balaban J connectivity index is 0.000000459. The van der Waals surface area contributed by atoms with Gasteiger partial charge in [0.25, 0.3) is 0 Å². The van der Waals surface area contributed by atoms with E-state index in [1.165, 1.54) is 30.8 Å². The Morgan fingerprint density at radius 3 is 2.45 bits per heavy atom. The summed E-state index contributed by atoms with van der Waals surface area (Å²) >= 11 is 7.96. The zero-order valence-corrected chi connectivity index (χ0v) is 20.6. The second kappa shape index (κ2) is 10.6. The standard InChI is InChI=1S/C21H20ClN3O2S.C4H9N/c1-3-12-8-13(22)9-16(20(12)23-2)15-6-7-24-17-10-14(28-21(15)17)11-25-18(26)4-5-19(25)27;1-2-4-5-3-1/h6-10,23H,3-5,11H2,1-2H3;5H,1-4H2. The number of thiophene rings is 1. The predicted octanol–water partition coefficient (Wildman–Crippen LogP) is 5.24. The summed E-state index contributed by atoms with van der Waals surface area (Å²) < 4.78 is 1.03. The van der Waals surface area contributed by atoms with Crippen molar-refractivity contribution in [2.24, 2.45) is 0 Å². The number of nitrogens with one attached hydrogen (secondary N) is 2. The number of hydrogen-bond donors (Lipinski definition) is 2. The van der Waals surface area contributed by atoms with Crippen LogP contribution >= 0.6 is 22.9 Å². The van der Waals surface area contributed by atoms with Crippen LogP contribution in [0.3, 0.4) is 0 Å².